The highest BCUT2D eigenvalue weighted by Gasteiger charge is 2.15. The molecule has 2 heterocycles. The number of carbonyl (C=O) groups is 1. The first-order valence-corrected chi connectivity index (χ1v) is 6.18. The first-order valence-electron chi connectivity index (χ1n) is 5.02. The van der Waals surface area contributed by atoms with E-state index in [1.807, 2.05) is 25.0 Å². The molecule has 0 amide bonds. The predicted molar refractivity (Wildman–Crippen MR) is 62.6 cm³/mol. The van der Waals surface area contributed by atoms with Crippen molar-refractivity contribution in [3.05, 3.63) is 17.5 Å². The molecule has 86 valence electrons. The smallest absolute Gasteiger partial charge is 0.305 e. The van der Waals surface area contributed by atoms with Crippen molar-refractivity contribution in [1.82, 2.24) is 9.97 Å². The molecule has 1 N–H and O–H groups in total. The molecular formula is C10H13N3O2S. The topological polar surface area (TPSA) is 66.3 Å². The number of hydrogen-bond donors (Lipinski definition) is 1. The van der Waals surface area contributed by atoms with Crippen LogP contribution in [0.4, 0.5) is 5.95 Å². The summed E-state index contributed by atoms with van der Waals surface area (Å²) in [5, 5.41) is 8.59. The third-order valence-corrected chi connectivity index (χ3v) is 3.43. The Kier molecular flexibility index (Phi) is 3.28. The zero-order valence-electron chi connectivity index (χ0n) is 9.01. The van der Waals surface area contributed by atoms with Gasteiger partial charge in [0.1, 0.15) is 0 Å². The highest BCUT2D eigenvalue weighted by molar-refractivity contribution is 7.98. The van der Waals surface area contributed by atoms with E-state index in [4.69, 9.17) is 5.11 Å². The number of aliphatic carboxylic acids is 1. The van der Waals surface area contributed by atoms with E-state index in [1.54, 1.807) is 4.90 Å². The summed E-state index contributed by atoms with van der Waals surface area (Å²) in [4.78, 5) is 20.9. The number of fused-ring (bicyclic) bond motifs is 1. The van der Waals surface area contributed by atoms with Crippen molar-refractivity contribution < 1.29 is 9.90 Å². The number of nitrogens with zero attached hydrogens (tertiary/aromatic N) is 3. The number of hydrogen-bond acceptors (Lipinski definition) is 5. The summed E-state index contributed by atoms with van der Waals surface area (Å²) in [6, 6.07) is 0. The van der Waals surface area contributed by atoms with Crippen LogP contribution in [0.15, 0.2) is 6.20 Å². The van der Waals surface area contributed by atoms with Gasteiger partial charge in [-0.05, 0) is 0 Å². The number of thioether (sulfide) groups is 1. The van der Waals surface area contributed by atoms with E-state index < -0.39 is 5.97 Å². The maximum absolute atomic E-state index is 10.5. The summed E-state index contributed by atoms with van der Waals surface area (Å²) in [5.74, 6) is 1.72. The van der Waals surface area contributed by atoms with Crippen LogP contribution in [-0.2, 0) is 16.3 Å². The Hall–Kier alpha value is -1.30. The largest absolute Gasteiger partial charge is 0.481 e. The van der Waals surface area contributed by atoms with Crippen LogP contribution in [0, 0.1) is 0 Å². The van der Waals surface area contributed by atoms with E-state index in [0.717, 1.165) is 17.2 Å². The fraction of sp³-hybridized carbons (Fsp3) is 0.500. The van der Waals surface area contributed by atoms with E-state index >= 15 is 0 Å². The van der Waals surface area contributed by atoms with Gasteiger partial charge in [0.15, 0.2) is 0 Å². The van der Waals surface area contributed by atoms with Crippen molar-refractivity contribution in [3.8, 4) is 0 Å². The molecule has 0 atom stereocenters. The van der Waals surface area contributed by atoms with E-state index in [-0.39, 0.29) is 6.42 Å². The second kappa shape index (κ2) is 4.69. The SMILES string of the molecule is CN(CCC(=O)O)c1ncc2c(n1)CSC2. The minimum Gasteiger partial charge on any atom is -0.481 e. The second-order valence-electron chi connectivity index (χ2n) is 3.70. The molecule has 6 heteroatoms. The second-order valence-corrected chi connectivity index (χ2v) is 4.69. The molecule has 1 aliphatic rings. The van der Waals surface area contributed by atoms with Gasteiger partial charge in [0.2, 0.25) is 5.95 Å². The van der Waals surface area contributed by atoms with Gasteiger partial charge in [-0.2, -0.15) is 11.8 Å². The van der Waals surface area contributed by atoms with Crippen LogP contribution in [0.1, 0.15) is 17.7 Å². The maximum Gasteiger partial charge on any atom is 0.305 e. The quantitative estimate of drug-likeness (QED) is 0.849. The third-order valence-electron chi connectivity index (χ3n) is 2.44. The van der Waals surface area contributed by atoms with Crippen molar-refractivity contribution in [2.75, 3.05) is 18.5 Å². The Morgan fingerprint density at radius 3 is 3.19 bits per heavy atom. The molecule has 1 aromatic heterocycles. The number of carboxylic acids is 1. The average molecular weight is 239 g/mol. The Bertz CT molecular complexity index is 411. The molecule has 1 aromatic rings. The van der Waals surface area contributed by atoms with Crippen molar-refractivity contribution >= 4 is 23.7 Å². The van der Waals surface area contributed by atoms with Gasteiger partial charge < -0.3 is 10.0 Å². The minimum atomic E-state index is -0.802. The molecule has 16 heavy (non-hydrogen) atoms. The molecule has 0 radical (unpaired) electrons. The summed E-state index contributed by atoms with van der Waals surface area (Å²) >= 11 is 1.83. The molecule has 1 aliphatic heterocycles. The average Bonchev–Trinajstić information content (AvgIpc) is 2.72. The summed E-state index contributed by atoms with van der Waals surface area (Å²) in [6.45, 7) is 0.432. The van der Waals surface area contributed by atoms with Crippen LogP contribution in [0.25, 0.3) is 0 Å². The first kappa shape index (κ1) is 11.2. The molecule has 0 aliphatic carbocycles. The van der Waals surface area contributed by atoms with Gasteiger partial charge in [0.25, 0.3) is 0 Å². The molecule has 0 spiro atoms. The Labute approximate surface area is 97.9 Å². The normalized spacial score (nSPS) is 13.6. The zero-order chi connectivity index (χ0) is 11.5. The Morgan fingerprint density at radius 2 is 2.44 bits per heavy atom. The standard InChI is InChI=1S/C10H13N3O2S/c1-13(3-2-9(14)15)10-11-4-7-5-16-6-8(7)12-10/h4H,2-3,5-6H2,1H3,(H,14,15). The van der Waals surface area contributed by atoms with Gasteiger partial charge >= 0.3 is 5.97 Å². The number of carboxylic acid groups (broad SMARTS) is 1. The molecule has 2 rings (SSSR count). The molecule has 0 aromatic carbocycles. The molecular weight excluding hydrogens is 226 g/mol. The van der Waals surface area contributed by atoms with Crippen LogP contribution >= 0.6 is 11.8 Å². The Morgan fingerprint density at radius 1 is 1.62 bits per heavy atom. The van der Waals surface area contributed by atoms with Gasteiger partial charge in [-0.15, -0.1) is 0 Å². The predicted octanol–water partition coefficient (Wildman–Crippen LogP) is 1.13. The monoisotopic (exact) mass is 239 g/mol. The van der Waals surface area contributed by atoms with E-state index in [0.29, 0.717) is 12.5 Å². The summed E-state index contributed by atoms with van der Waals surface area (Å²) in [7, 11) is 1.81. The third kappa shape index (κ3) is 2.44. The zero-order valence-corrected chi connectivity index (χ0v) is 9.83. The summed E-state index contributed by atoms with van der Waals surface area (Å²) < 4.78 is 0. The lowest BCUT2D eigenvalue weighted by Gasteiger charge is -2.16. The van der Waals surface area contributed by atoms with Crippen molar-refractivity contribution in [3.63, 3.8) is 0 Å². The fourth-order valence-electron chi connectivity index (χ4n) is 1.48. The molecule has 5 nitrogen and oxygen atoms in total. The van der Waals surface area contributed by atoms with Crippen LogP contribution in [0.3, 0.4) is 0 Å². The van der Waals surface area contributed by atoms with Crippen molar-refractivity contribution in [2.45, 2.75) is 17.9 Å². The molecule has 0 unspecified atom stereocenters. The summed E-state index contributed by atoms with van der Waals surface area (Å²) in [6.07, 6.45) is 1.95. The van der Waals surface area contributed by atoms with Gasteiger partial charge in [0, 0.05) is 36.9 Å². The summed E-state index contributed by atoms with van der Waals surface area (Å²) in [5.41, 5.74) is 2.28. The number of anilines is 1. The Balaban J connectivity index is 2.06. The highest BCUT2D eigenvalue weighted by Crippen LogP contribution is 2.28. The fourth-order valence-corrected chi connectivity index (χ4v) is 2.49. The van der Waals surface area contributed by atoms with Crippen molar-refractivity contribution in [2.24, 2.45) is 0 Å². The van der Waals surface area contributed by atoms with E-state index in [9.17, 15) is 4.79 Å². The maximum atomic E-state index is 10.5. The van der Waals surface area contributed by atoms with E-state index in [2.05, 4.69) is 9.97 Å². The van der Waals surface area contributed by atoms with Crippen LogP contribution in [0.5, 0.6) is 0 Å². The van der Waals surface area contributed by atoms with Crippen LogP contribution < -0.4 is 4.90 Å². The lowest BCUT2D eigenvalue weighted by molar-refractivity contribution is -0.136. The van der Waals surface area contributed by atoms with Gasteiger partial charge in [-0.3, -0.25) is 4.79 Å². The lowest BCUT2D eigenvalue weighted by atomic mass is 10.3. The minimum absolute atomic E-state index is 0.103. The van der Waals surface area contributed by atoms with Crippen molar-refractivity contribution in [1.29, 1.82) is 0 Å². The highest BCUT2D eigenvalue weighted by atomic mass is 32.2. The van der Waals surface area contributed by atoms with Crippen LogP contribution in [-0.4, -0.2) is 34.6 Å². The molecule has 0 bridgehead atoms. The van der Waals surface area contributed by atoms with Gasteiger partial charge in [-0.1, -0.05) is 0 Å². The number of aromatic nitrogens is 2. The van der Waals surface area contributed by atoms with Gasteiger partial charge in [0.05, 0.1) is 12.1 Å². The molecule has 0 saturated heterocycles. The molecule has 0 fully saturated rings. The van der Waals surface area contributed by atoms with E-state index in [1.165, 1.54) is 5.56 Å². The van der Waals surface area contributed by atoms with Crippen LogP contribution in [0.2, 0.25) is 0 Å². The lowest BCUT2D eigenvalue weighted by Crippen LogP contribution is -2.23. The first-order chi connectivity index (χ1) is 7.66. The molecule has 0 saturated carbocycles. The van der Waals surface area contributed by atoms with Gasteiger partial charge in [-0.25, -0.2) is 9.97 Å². The number of rotatable bonds is 4.